The predicted molar refractivity (Wildman–Crippen MR) is 119 cm³/mol. The Morgan fingerprint density at radius 2 is 1.79 bits per heavy atom. The average Bonchev–Trinajstić information content (AvgIpc) is 2.79. The van der Waals surface area contributed by atoms with Crippen LogP contribution in [0.2, 0.25) is 0 Å². The molecule has 0 spiro atoms. The lowest BCUT2D eigenvalue weighted by atomic mass is 10.2. The Hall–Kier alpha value is -4.80. The van der Waals surface area contributed by atoms with E-state index in [0.29, 0.717) is 11.3 Å². The number of hydrogen-bond acceptors (Lipinski definition) is 8. The Morgan fingerprint density at radius 3 is 2.52 bits per heavy atom. The summed E-state index contributed by atoms with van der Waals surface area (Å²) in [4.78, 5) is 32.5. The van der Waals surface area contributed by atoms with Crippen LogP contribution in [-0.4, -0.2) is 28.6 Å². The van der Waals surface area contributed by atoms with Gasteiger partial charge in [-0.1, -0.05) is 30.3 Å². The molecule has 0 aliphatic carbocycles. The molecule has 1 amide bonds. The van der Waals surface area contributed by atoms with Gasteiger partial charge in [0.1, 0.15) is 11.5 Å². The second-order valence-corrected chi connectivity index (χ2v) is 6.69. The summed E-state index contributed by atoms with van der Waals surface area (Å²) in [6.07, 6.45) is 1.36. The molecule has 1 N–H and O–H groups in total. The second-order valence-electron chi connectivity index (χ2n) is 6.69. The van der Waals surface area contributed by atoms with Crippen molar-refractivity contribution in [2.45, 2.75) is 6.92 Å². The number of carbonyl (C=O) groups excluding carboxylic acids is 1. The number of nitro groups is 2. The summed E-state index contributed by atoms with van der Waals surface area (Å²) >= 11 is 0. The number of nitrogens with zero attached hydrogens (tertiary/aromatic N) is 3. The first-order valence-corrected chi connectivity index (χ1v) is 9.54. The van der Waals surface area contributed by atoms with E-state index in [1.807, 2.05) is 19.1 Å². The van der Waals surface area contributed by atoms with E-state index in [1.165, 1.54) is 12.3 Å². The fraction of sp³-hybridized carbons (Fsp3) is 0.0909. The van der Waals surface area contributed by atoms with Crippen LogP contribution >= 0.6 is 0 Å². The summed E-state index contributed by atoms with van der Waals surface area (Å²) in [6, 6.07) is 16.8. The molecule has 3 rings (SSSR count). The second kappa shape index (κ2) is 10.5. The fourth-order valence-corrected chi connectivity index (χ4v) is 2.71. The topological polar surface area (TPSA) is 146 Å². The molecule has 0 aliphatic heterocycles. The maximum atomic E-state index is 11.9. The highest BCUT2D eigenvalue weighted by Gasteiger charge is 2.21. The molecule has 0 heterocycles. The van der Waals surface area contributed by atoms with Gasteiger partial charge in [-0.05, 0) is 42.3 Å². The van der Waals surface area contributed by atoms with Gasteiger partial charge in [0.25, 0.3) is 11.6 Å². The van der Waals surface area contributed by atoms with Gasteiger partial charge in [0, 0.05) is 6.07 Å². The number of rotatable bonds is 9. The number of hydrogen-bond donors (Lipinski definition) is 1. The van der Waals surface area contributed by atoms with Gasteiger partial charge in [-0.3, -0.25) is 25.0 Å². The smallest absolute Gasteiger partial charge is 0.318 e. The van der Waals surface area contributed by atoms with E-state index in [0.717, 1.165) is 23.8 Å². The molecule has 3 aromatic carbocycles. The minimum absolute atomic E-state index is 0.152. The molecular formula is C22H18N4O7. The minimum atomic E-state index is -0.762. The third-order valence-corrected chi connectivity index (χ3v) is 4.29. The molecule has 0 aromatic heterocycles. The highest BCUT2D eigenvalue weighted by molar-refractivity contribution is 5.83. The number of benzene rings is 3. The Balaban J connectivity index is 1.62. The van der Waals surface area contributed by atoms with Crippen molar-refractivity contribution in [2.24, 2.45) is 5.10 Å². The average molecular weight is 450 g/mol. The SMILES string of the molecule is Cc1ccccc1OCC(=O)NN=Cc1cccc(Oc2ccc([N+](=O)[O-])cc2[N+](=O)[O-])c1. The van der Waals surface area contributed by atoms with Gasteiger partial charge in [0.05, 0.1) is 22.1 Å². The standard InChI is InChI=1S/C22H18N4O7/c1-15-5-2-3-8-20(15)32-14-22(27)24-23-13-16-6-4-7-18(11-16)33-21-10-9-17(25(28)29)12-19(21)26(30)31/h2-13H,14H2,1H3,(H,24,27). The summed E-state index contributed by atoms with van der Waals surface area (Å²) in [5.74, 6) is 0.233. The number of hydrazone groups is 1. The monoisotopic (exact) mass is 450 g/mol. The summed E-state index contributed by atoms with van der Waals surface area (Å²) in [7, 11) is 0. The normalized spacial score (nSPS) is 10.6. The lowest BCUT2D eigenvalue weighted by Crippen LogP contribution is -2.24. The number of amides is 1. The van der Waals surface area contributed by atoms with Gasteiger partial charge < -0.3 is 9.47 Å². The zero-order valence-corrected chi connectivity index (χ0v) is 17.3. The Morgan fingerprint density at radius 1 is 1.00 bits per heavy atom. The van der Waals surface area contributed by atoms with Crippen LogP contribution in [0.15, 0.2) is 71.8 Å². The highest BCUT2D eigenvalue weighted by Crippen LogP contribution is 2.34. The first kappa shape index (κ1) is 22.9. The van der Waals surface area contributed by atoms with Crippen LogP contribution < -0.4 is 14.9 Å². The van der Waals surface area contributed by atoms with Crippen LogP contribution in [0, 0.1) is 27.2 Å². The summed E-state index contributed by atoms with van der Waals surface area (Å²) in [5, 5.41) is 26.0. The van der Waals surface area contributed by atoms with Crippen molar-refractivity contribution in [2.75, 3.05) is 6.61 Å². The molecule has 3 aromatic rings. The van der Waals surface area contributed by atoms with Crippen LogP contribution in [0.3, 0.4) is 0 Å². The third-order valence-electron chi connectivity index (χ3n) is 4.29. The molecule has 11 nitrogen and oxygen atoms in total. The number of aryl methyl sites for hydroxylation is 1. The summed E-state index contributed by atoms with van der Waals surface area (Å²) < 4.78 is 11.0. The molecule has 0 atom stereocenters. The maximum Gasteiger partial charge on any atom is 0.318 e. The van der Waals surface area contributed by atoms with E-state index in [2.05, 4.69) is 10.5 Å². The third kappa shape index (κ3) is 6.34. The number of carbonyl (C=O) groups is 1. The molecular weight excluding hydrogens is 432 g/mol. The van der Waals surface area contributed by atoms with Gasteiger partial charge in [-0.2, -0.15) is 5.10 Å². The van der Waals surface area contributed by atoms with E-state index < -0.39 is 27.1 Å². The van der Waals surface area contributed by atoms with Crippen LogP contribution in [0.25, 0.3) is 0 Å². The quantitative estimate of drug-likeness (QED) is 0.293. The molecule has 168 valence electrons. The molecule has 0 unspecified atom stereocenters. The van der Waals surface area contributed by atoms with Crippen molar-refractivity contribution >= 4 is 23.5 Å². The van der Waals surface area contributed by atoms with E-state index in [9.17, 15) is 25.0 Å². The van der Waals surface area contributed by atoms with E-state index >= 15 is 0 Å². The van der Waals surface area contributed by atoms with Crippen molar-refractivity contribution in [3.05, 3.63) is 98.1 Å². The number of ether oxygens (including phenoxy) is 2. The molecule has 0 saturated heterocycles. The Labute approximate surface area is 187 Å². The van der Waals surface area contributed by atoms with Gasteiger partial charge in [0.15, 0.2) is 6.61 Å². The predicted octanol–water partition coefficient (Wildman–Crippen LogP) is 4.13. The number of non-ortho nitro benzene ring substituents is 1. The molecule has 33 heavy (non-hydrogen) atoms. The van der Waals surface area contributed by atoms with Gasteiger partial charge in [0.2, 0.25) is 5.75 Å². The fourth-order valence-electron chi connectivity index (χ4n) is 2.71. The lowest BCUT2D eigenvalue weighted by molar-refractivity contribution is -0.394. The van der Waals surface area contributed by atoms with Crippen molar-refractivity contribution in [1.82, 2.24) is 5.43 Å². The number of nitrogens with one attached hydrogen (secondary N) is 1. The van der Waals surface area contributed by atoms with Crippen molar-refractivity contribution in [1.29, 1.82) is 0 Å². The summed E-state index contributed by atoms with van der Waals surface area (Å²) in [5.41, 5.74) is 2.83. The molecule has 11 heteroatoms. The molecule has 0 fully saturated rings. The van der Waals surface area contributed by atoms with Crippen molar-refractivity contribution in [3.63, 3.8) is 0 Å². The molecule has 0 bridgehead atoms. The van der Waals surface area contributed by atoms with Crippen molar-refractivity contribution in [3.8, 4) is 17.2 Å². The lowest BCUT2D eigenvalue weighted by Gasteiger charge is -2.07. The largest absolute Gasteiger partial charge is 0.483 e. The number of nitro benzene ring substituents is 2. The molecule has 0 saturated carbocycles. The van der Waals surface area contributed by atoms with Gasteiger partial charge in [-0.25, -0.2) is 5.43 Å². The Bertz CT molecular complexity index is 1230. The van der Waals surface area contributed by atoms with E-state index in [4.69, 9.17) is 9.47 Å². The zero-order valence-electron chi connectivity index (χ0n) is 17.3. The zero-order chi connectivity index (χ0) is 23.8. The highest BCUT2D eigenvalue weighted by atomic mass is 16.6. The summed E-state index contributed by atoms with van der Waals surface area (Å²) in [6.45, 7) is 1.65. The van der Waals surface area contributed by atoms with Gasteiger partial charge >= 0.3 is 5.69 Å². The maximum absolute atomic E-state index is 11.9. The molecule has 0 radical (unpaired) electrons. The van der Waals surface area contributed by atoms with E-state index in [-0.39, 0.29) is 18.1 Å². The van der Waals surface area contributed by atoms with Crippen LogP contribution in [0.1, 0.15) is 11.1 Å². The van der Waals surface area contributed by atoms with Crippen molar-refractivity contribution < 1.29 is 24.1 Å². The molecule has 0 aliphatic rings. The van der Waals surface area contributed by atoms with Crippen LogP contribution in [0.5, 0.6) is 17.2 Å². The first-order chi connectivity index (χ1) is 15.8. The van der Waals surface area contributed by atoms with Crippen LogP contribution in [0.4, 0.5) is 11.4 Å². The first-order valence-electron chi connectivity index (χ1n) is 9.54. The minimum Gasteiger partial charge on any atom is -0.483 e. The van der Waals surface area contributed by atoms with Gasteiger partial charge in [-0.15, -0.1) is 0 Å². The Kier molecular flexibility index (Phi) is 7.27. The van der Waals surface area contributed by atoms with E-state index in [1.54, 1.807) is 30.3 Å². The number of para-hydroxylation sites is 1. The van der Waals surface area contributed by atoms with Crippen LogP contribution in [-0.2, 0) is 4.79 Å².